The first-order valence-electron chi connectivity index (χ1n) is 8.54. The van der Waals surface area contributed by atoms with Crippen LogP contribution in [0.3, 0.4) is 0 Å². The standard InChI is InChI=1S/C17H25ClN4O2/c1-10-7-22(8-11(2)24-10)16-14-9-21(17(23)12(3)18)6-5-15(14)19-13(4)20-16/h10-12H,5-9H2,1-4H3. The van der Waals surface area contributed by atoms with Crippen molar-refractivity contribution in [2.24, 2.45) is 0 Å². The third-order valence-corrected chi connectivity index (χ3v) is 4.71. The van der Waals surface area contributed by atoms with Gasteiger partial charge in [0.2, 0.25) is 5.91 Å². The minimum atomic E-state index is -0.509. The second kappa shape index (κ2) is 6.84. The Hall–Kier alpha value is -1.40. The molecule has 0 bridgehead atoms. The van der Waals surface area contributed by atoms with Gasteiger partial charge in [0, 0.05) is 31.6 Å². The smallest absolute Gasteiger partial charge is 0.240 e. The van der Waals surface area contributed by atoms with Gasteiger partial charge in [0.1, 0.15) is 17.0 Å². The van der Waals surface area contributed by atoms with Crippen molar-refractivity contribution < 1.29 is 9.53 Å². The summed E-state index contributed by atoms with van der Waals surface area (Å²) in [4.78, 5) is 25.7. The van der Waals surface area contributed by atoms with Crippen LogP contribution in [0.4, 0.5) is 5.82 Å². The highest BCUT2D eigenvalue weighted by Crippen LogP contribution is 2.29. The van der Waals surface area contributed by atoms with E-state index in [0.717, 1.165) is 42.4 Å². The number of hydrogen-bond acceptors (Lipinski definition) is 5. The maximum Gasteiger partial charge on any atom is 0.240 e. The number of halogens is 1. The molecule has 6 nitrogen and oxygen atoms in total. The lowest BCUT2D eigenvalue weighted by Crippen LogP contribution is -2.47. The van der Waals surface area contributed by atoms with Gasteiger partial charge in [-0.25, -0.2) is 9.97 Å². The number of rotatable bonds is 2. The van der Waals surface area contributed by atoms with E-state index in [-0.39, 0.29) is 18.1 Å². The summed E-state index contributed by atoms with van der Waals surface area (Å²) in [6, 6.07) is 0. The third kappa shape index (κ3) is 3.49. The minimum absolute atomic E-state index is 0.0300. The number of carbonyl (C=O) groups excluding carboxylic acids is 1. The van der Waals surface area contributed by atoms with Gasteiger partial charge in [0.05, 0.1) is 24.4 Å². The Labute approximate surface area is 148 Å². The van der Waals surface area contributed by atoms with Gasteiger partial charge in [0.25, 0.3) is 0 Å². The highest BCUT2D eigenvalue weighted by molar-refractivity contribution is 6.30. The van der Waals surface area contributed by atoms with E-state index in [1.807, 2.05) is 11.8 Å². The number of aryl methyl sites for hydroxylation is 1. The third-order valence-electron chi connectivity index (χ3n) is 4.52. The summed E-state index contributed by atoms with van der Waals surface area (Å²) in [7, 11) is 0. The van der Waals surface area contributed by atoms with Crippen LogP contribution in [-0.2, 0) is 22.5 Å². The van der Waals surface area contributed by atoms with E-state index in [1.54, 1.807) is 6.92 Å². The van der Waals surface area contributed by atoms with Gasteiger partial charge in [-0.1, -0.05) is 0 Å². The SMILES string of the molecule is Cc1nc2c(c(N3CC(C)OC(C)C3)n1)CN(C(=O)C(C)Cl)CC2. The summed E-state index contributed by atoms with van der Waals surface area (Å²) in [5.74, 6) is 1.69. The quantitative estimate of drug-likeness (QED) is 0.761. The molecule has 1 aromatic rings. The monoisotopic (exact) mass is 352 g/mol. The van der Waals surface area contributed by atoms with Crippen molar-refractivity contribution >= 4 is 23.3 Å². The van der Waals surface area contributed by atoms with Gasteiger partial charge in [-0.05, 0) is 27.7 Å². The number of fused-ring (bicyclic) bond motifs is 1. The lowest BCUT2D eigenvalue weighted by atomic mass is 10.0. The highest BCUT2D eigenvalue weighted by Gasteiger charge is 2.31. The van der Waals surface area contributed by atoms with Crippen LogP contribution in [0.5, 0.6) is 0 Å². The fourth-order valence-corrected chi connectivity index (χ4v) is 3.71. The zero-order valence-electron chi connectivity index (χ0n) is 14.8. The van der Waals surface area contributed by atoms with Crippen molar-refractivity contribution in [3.05, 3.63) is 17.1 Å². The Morgan fingerprint density at radius 1 is 1.29 bits per heavy atom. The molecule has 0 spiro atoms. The number of nitrogens with zero attached hydrogens (tertiary/aromatic N) is 4. The molecule has 3 unspecified atom stereocenters. The lowest BCUT2D eigenvalue weighted by molar-refractivity contribution is -0.131. The number of amides is 1. The summed E-state index contributed by atoms with van der Waals surface area (Å²) in [6.45, 7) is 10.6. The van der Waals surface area contributed by atoms with E-state index in [2.05, 4.69) is 23.7 Å². The van der Waals surface area contributed by atoms with Gasteiger partial charge < -0.3 is 14.5 Å². The van der Waals surface area contributed by atoms with Crippen molar-refractivity contribution in [2.45, 2.75) is 58.2 Å². The van der Waals surface area contributed by atoms with Crippen LogP contribution in [0.1, 0.15) is 37.9 Å². The Balaban J connectivity index is 1.93. The molecule has 132 valence electrons. The number of anilines is 1. The van der Waals surface area contributed by atoms with E-state index in [1.165, 1.54) is 0 Å². The number of alkyl halides is 1. The van der Waals surface area contributed by atoms with Crippen molar-refractivity contribution in [3.8, 4) is 0 Å². The first kappa shape index (κ1) is 17.4. The zero-order chi connectivity index (χ0) is 17.4. The molecule has 24 heavy (non-hydrogen) atoms. The van der Waals surface area contributed by atoms with E-state index < -0.39 is 5.38 Å². The average molecular weight is 353 g/mol. The topological polar surface area (TPSA) is 58.6 Å². The Morgan fingerprint density at radius 2 is 1.96 bits per heavy atom. The highest BCUT2D eigenvalue weighted by atomic mass is 35.5. The lowest BCUT2D eigenvalue weighted by Gasteiger charge is -2.39. The van der Waals surface area contributed by atoms with E-state index in [4.69, 9.17) is 21.3 Å². The van der Waals surface area contributed by atoms with Gasteiger partial charge in [-0.3, -0.25) is 4.79 Å². The van der Waals surface area contributed by atoms with E-state index >= 15 is 0 Å². The van der Waals surface area contributed by atoms with E-state index in [0.29, 0.717) is 13.1 Å². The fraction of sp³-hybridized carbons (Fsp3) is 0.706. The molecule has 2 aliphatic heterocycles. The Kier molecular flexibility index (Phi) is 4.97. The summed E-state index contributed by atoms with van der Waals surface area (Å²) >= 11 is 5.99. The van der Waals surface area contributed by atoms with Crippen LogP contribution in [0.15, 0.2) is 0 Å². The second-order valence-corrected chi connectivity index (χ2v) is 7.46. The zero-order valence-corrected chi connectivity index (χ0v) is 15.5. The predicted octanol–water partition coefficient (Wildman–Crippen LogP) is 1.91. The molecule has 1 aromatic heterocycles. The molecule has 0 saturated carbocycles. The number of carbonyl (C=O) groups is 1. The summed E-state index contributed by atoms with van der Waals surface area (Å²) < 4.78 is 5.84. The van der Waals surface area contributed by atoms with Crippen LogP contribution < -0.4 is 4.90 Å². The van der Waals surface area contributed by atoms with Gasteiger partial charge in [-0.2, -0.15) is 0 Å². The van der Waals surface area contributed by atoms with Crippen LogP contribution in [0.2, 0.25) is 0 Å². The summed E-state index contributed by atoms with van der Waals surface area (Å²) in [5, 5.41) is -0.509. The summed E-state index contributed by atoms with van der Waals surface area (Å²) in [6.07, 6.45) is 1.06. The minimum Gasteiger partial charge on any atom is -0.372 e. The molecule has 1 amide bonds. The normalized spacial score (nSPS) is 25.4. The average Bonchev–Trinajstić information content (AvgIpc) is 2.51. The van der Waals surface area contributed by atoms with Crippen molar-refractivity contribution in [1.82, 2.24) is 14.9 Å². The van der Waals surface area contributed by atoms with Crippen LogP contribution in [-0.4, -0.2) is 58.0 Å². The molecule has 3 heterocycles. The molecule has 7 heteroatoms. The van der Waals surface area contributed by atoms with Gasteiger partial charge >= 0.3 is 0 Å². The Bertz CT molecular complexity index is 627. The largest absolute Gasteiger partial charge is 0.372 e. The maximum atomic E-state index is 12.3. The first-order valence-corrected chi connectivity index (χ1v) is 8.98. The fourth-order valence-electron chi connectivity index (χ4n) is 3.57. The van der Waals surface area contributed by atoms with E-state index in [9.17, 15) is 4.79 Å². The van der Waals surface area contributed by atoms with Crippen LogP contribution >= 0.6 is 11.6 Å². The molecule has 3 atom stereocenters. The van der Waals surface area contributed by atoms with Crippen LogP contribution in [0, 0.1) is 6.92 Å². The van der Waals surface area contributed by atoms with Crippen molar-refractivity contribution in [3.63, 3.8) is 0 Å². The van der Waals surface area contributed by atoms with Crippen molar-refractivity contribution in [2.75, 3.05) is 24.5 Å². The van der Waals surface area contributed by atoms with Crippen molar-refractivity contribution in [1.29, 1.82) is 0 Å². The molecule has 1 fully saturated rings. The number of aromatic nitrogens is 2. The molecular weight excluding hydrogens is 328 g/mol. The molecule has 1 saturated heterocycles. The summed E-state index contributed by atoms with van der Waals surface area (Å²) in [5.41, 5.74) is 2.11. The molecule has 0 radical (unpaired) electrons. The molecule has 2 aliphatic rings. The second-order valence-electron chi connectivity index (χ2n) is 6.81. The molecule has 0 N–H and O–H groups in total. The maximum absolute atomic E-state index is 12.3. The molecule has 3 rings (SSSR count). The predicted molar refractivity (Wildman–Crippen MR) is 93.4 cm³/mol. The number of hydrogen-bond donors (Lipinski definition) is 0. The molecule has 0 aromatic carbocycles. The number of morpholine rings is 1. The number of ether oxygens (including phenoxy) is 1. The first-order chi connectivity index (χ1) is 11.3. The van der Waals surface area contributed by atoms with Crippen LogP contribution in [0.25, 0.3) is 0 Å². The van der Waals surface area contributed by atoms with Gasteiger partial charge in [0.15, 0.2) is 0 Å². The molecule has 0 aliphatic carbocycles. The molecular formula is C17H25ClN4O2. The Morgan fingerprint density at radius 3 is 2.58 bits per heavy atom. The van der Waals surface area contributed by atoms with Gasteiger partial charge in [-0.15, -0.1) is 11.6 Å².